The van der Waals surface area contributed by atoms with Gasteiger partial charge in [-0.3, -0.25) is 9.36 Å². The Hall–Kier alpha value is -1.54. The molecule has 1 N–H and O–H groups in total. The van der Waals surface area contributed by atoms with Crippen LogP contribution in [0.15, 0.2) is 16.0 Å². The Morgan fingerprint density at radius 2 is 2.20 bits per heavy atom. The Morgan fingerprint density at radius 1 is 1.50 bits per heavy atom. The van der Waals surface area contributed by atoms with Gasteiger partial charge in [-0.2, -0.15) is 0 Å². The van der Waals surface area contributed by atoms with Crippen LogP contribution in [-0.4, -0.2) is 53.0 Å². The van der Waals surface area contributed by atoms with Gasteiger partial charge in [0, 0.05) is 24.8 Å². The van der Waals surface area contributed by atoms with Gasteiger partial charge in [0.25, 0.3) is 5.56 Å². The summed E-state index contributed by atoms with van der Waals surface area (Å²) in [5.41, 5.74) is 0.513. The summed E-state index contributed by atoms with van der Waals surface area (Å²) in [6.45, 7) is 4.14. The zero-order valence-electron chi connectivity index (χ0n) is 11.6. The number of urea groups is 1. The van der Waals surface area contributed by atoms with Gasteiger partial charge in [0.15, 0.2) is 5.16 Å². The number of ether oxygens (including phenoxy) is 1. The lowest BCUT2D eigenvalue weighted by molar-refractivity contribution is 0.0526. The average molecular weight is 298 g/mol. The number of hydrogen-bond donors (Lipinski definition) is 1. The molecule has 1 aromatic rings. The molecular formula is C12H18N4O3S. The van der Waals surface area contributed by atoms with Gasteiger partial charge in [-0.15, -0.1) is 0 Å². The van der Waals surface area contributed by atoms with Crippen LogP contribution in [0.2, 0.25) is 0 Å². The Kier molecular flexibility index (Phi) is 5.02. The second kappa shape index (κ2) is 6.76. The second-order valence-electron chi connectivity index (χ2n) is 4.39. The average Bonchev–Trinajstić information content (AvgIpc) is 2.46. The number of aromatic nitrogens is 2. The Morgan fingerprint density at radius 3 is 2.85 bits per heavy atom. The molecule has 2 amide bonds. The van der Waals surface area contributed by atoms with Crippen molar-refractivity contribution in [3.8, 4) is 0 Å². The lowest BCUT2D eigenvalue weighted by Gasteiger charge is -2.27. The van der Waals surface area contributed by atoms with Crippen molar-refractivity contribution in [2.24, 2.45) is 0 Å². The molecule has 8 heteroatoms. The molecule has 20 heavy (non-hydrogen) atoms. The van der Waals surface area contributed by atoms with Crippen LogP contribution in [0.1, 0.15) is 5.69 Å². The summed E-state index contributed by atoms with van der Waals surface area (Å²) in [5.74, 6) is 0. The van der Waals surface area contributed by atoms with Gasteiger partial charge in [-0.25, -0.2) is 9.78 Å². The molecule has 0 spiro atoms. The van der Waals surface area contributed by atoms with Crippen molar-refractivity contribution >= 4 is 17.8 Å². The molecule has 2 rings (SSSR count). The van der Waals surface area contributed by atoms with Crippen LogP contribution >= 0.6 is 11.8 Å². The van der Waals surface area contributed by atoms with Crippen LogP contribution in [0, 0.1) is 6.92 Å². The van der Waals surface area contributed by atoms with E-state index in [1.54, 1.807) is 11.8 Å². The number of thioether (sulfide) groups is 1. The summed E-state index contributed by atoms with van der Waals surface area (Å²) in [4.78, 5) is 29.9. The van der Waals surface area contributed by atoms with Crippen molar-refractivity contribution in [3.63, 3.8) is 0 Å². The SMILES string of the molecule is CSc1nc(C)cc(=O)n1CNC(=O)N1CCOCC1. The molecule has 1 aliphatic heterocycles. The highest BCUT2D eigenvalue weighted by molar-refractivity contribution is 7.98. The molecule has 1 saturated heterocycles. The predicted molar refractivity (Wildman–Crippen MR) is 75.9 cm³/mol. The van der Waals surface area contributed by atoms with E-state index in [0.29, 0.717) is 37.2 Å². The summed E-state index contributed by atoms with van der Waals surface area (Å²) >= 11 is 1.38. The van der Waals surface area contributed by atoms with Crippen LogP contribution in [0.3, 0.4) is 0 Å². The molecule has 0 aliphatic carbocycles. The fourth-order valence-corrected chi connectivity index (χ4v) is 2.53. The molecular weight excluding hydrogens is 280 g/mol. The highest BCUT2D eigenvalue weighted by atomic mass is 32.2. The molecule has 1 fully saturated rings. The molecule has 110 valence electrons. The van der Waals surface area contributed by atoms with Crippen LogP contribution in [-0.2, 0) is 11.4 Å². The number of rotatable bonds is 3. The van der Waals surface area contributed by atoms with Crippen molar-refractivity contribution in [3.05, 3.63) is 22.1 Å². The van der Waals surface area contributed by atoms with Gasteiger partial charge >= 0.3 is 6.03 Å². The molecule has 2 heterocycles. The number of amides is 2. The first-order valence-corrected chi connectivity index (χ1v) is 7.57. The fraction of sp³-hybridized carbons (Fsp3) is 0.583. The summed E-state index contributed by atoms with van der Waals surface area (Å²) in [6.07, 6.45) is 1.85. The number of hydrogen-bond acceptors (Lipinski definition) is 5. The zero-order chi connectivity index (χ0) is 14.5. The number of nitrogens with one attached hydrogen (secondary N) is 1. The molecule has 0 aromatic carbocycles. The first-order chi connectivity index (χ1) is 9.61. The topological polar surface area (TPSA) is 76.5 Å². The molecule has 0 unspecified atom stereocenters. The van der Waals surface area contributed by atoms with E-state index >= 15 is 0 Å². The molecule has 0 radical (unpaired) electrons. The van der Waals surface area contributed by atoms with Crippen LogP contribution < -0.4 is 10.9 Å². The normalized spacial score (nSPS) is 15.2. The lowest BCUT2D eigenvalue weighted by atomic mass is 10.4. The number of morpholine rings is 1. The quantitative estimate of drug-likeness (QED) is 0.640. The van der Waals surface area contributed by atoms with Gasteiger partial charge in [0.1, 0.15) is 6.67 Å². The van der Waals surface area contributed by atoms with E-state index in [2.05, 4.69) is 10.3 Å². The third kappa shape index (κ3) is 3.51. The molecule has 7 nitrogen and oxygen atoms in total. The smallest absolute Gasteiger partial charge is 0.318 e. The summed E-state index contributed by atoms with van der Waals surface area (Å²) in [7, 11) is 0. The maximum absolute atomic E-state index is 12.0. The van der Waals surface area contributed by atoms with Crippen molar-refractivity contribution in [1.29, 1.82) is 0 Å². The molecule has 1 aromatic heterocycles. The van der Waals surface area contributed by atoms with Crippen molar-refractivity contribution in [1.82, 2.24) is 19.8 Å². The van der Waals surface area contributed by atoms with Crippen LogP contribution in [0.4, 0.5) is 4.79 Å². The van der Waals surface area contributed by atoms with E-state index in [0.717, 1.165) is 0 Å². The molecule has 0 atom stereocenters. The minimum Gasteiger partial charge on any atom is -0.378 e. The lowest BCUT2D eigenvalue weighted by Crippen LogP contribution is -2.47. The first-order valence-electron chi connectivity index (χ1n) is 6.35. The number of nitrogens with zero attached hydrogens (tertiary/aromatic N) is 3. The van der Waals surface area contributed by atoms with Gasteiger partial charge < -0.3 is 15.0 Å². The highest BCUT2D eigenvalue weighted by Gasteiger charge is 2.16. The standard InChI is InChI=1S/C12H18N4O3S/c1-9-7-10(17)16(12(14-9)20-2)8-13-11(18)15-3-5-19-6-4-15/h7H,3-6,8H2,1-2H3,(H,13,18). The van der Waals surface area contributed by atoms with E-state index < -0.39 is 0 Å². The highest BCUT2D eigenvalue weighted by Crippen LogP contribution is 2.09. The Bertz CT molecular complexity index is 540. The van der Waals surface area contributed by atoms with E-state index in [9.17, 15) is 9.59 Å². The second-order valence-corrected chi connectivity index (χ2v) is 5.16. The van der Waals surface area contributed by atoms with Gasteiger partial charge in [-0.1, -0.05) is 11.8 Å². The van der Waals surface area contributed by atoms with E-state index in [-0.39, 0.29) is 18.3 Å². The third-order valence-electron chi connectivity index (χ3n) is 2.97. The van der Waals surface area contributed by atoms with E-state index in [4.69, 9.17) is 4.74 Å². The summed E-state index contributed by atoms with van der Waals surface area (Å²) in [6, 6.07) is 1.27. The van der Waals surface area contributed by atoms with E-state index in [1.165, 1.54) is 22.4 Å². The number of carbonyl (C=O) groups excluding carboxylic acids is 1. The molecule has 0 bridgehead atoms. The first kappa shape index (κ1) is 14.9. The van der Waals surface area contributed by atoms with Crippen LogP contribution in [0.5, 0.6) is 0 Å². The van der Waals surface area contributed by atoms with Crippen molar-refractivity contribution < 1.29 is 9.53 Å². The van der Waals surface area contributed by atoms with Gasteiger partial charge in [0.2, 0.25) is 0 Å². The maximum atomic E-state index is 12.0. The maximum Gasteiger partial charge on any atom is 0.318 e. The minimum absolute atomic E-state index is 0.123. The summed E-state index contributed by atoms with van der Waals surface area (Å²) in [5, 5.41) is 3.34. The zero-order valence-corrected chi connectivity index (χ0v) is 12.4. The van der Waals surface area contributed by atoms with Gasteiger partial charge in [0.05, 0.1) is 13.2 Å². The van der Waals surface area contributed by atoms with Crippen molar-refractivity contribution in [2.45, 2.75) is 18.7 Å². The third-order valence-corrected chi connectivity index (χ3v) is 3.65. The summed E-state index contributed by atoms with van der Waals surface area (Å²) < 4.78 is 6.65. The number of aryl methyl sites for hydroxylation is 1. The Labute approximate surface area is 121 Å². The molecule has 0 saturated carbocycles. The van der Waals surface area contributed by atoms with E-state index in [1.807, 2.05) is 6.26 Å². The van der Waals surface area contributed by atoms with Gasteiger partial charge in [-0.05, 0) is 13.2 Å². The predicted octanol–water partition coefficient (Wildman–Crippen LogP) is 0.273. The minimum atomic E-state index is -0.187. The largest absolute Gasteiger partial charge is 0.378 e. The number of carbonyl (C=O) groups is 1. The Balaban J connectivity index is 2.03. The fourth-order valence-electron chi connectivity index (χ4n) is 1.92. The monoisotopic (exact) mass is 298 g/mol. The van der Waals surface area contributed by atoms with Crippen molar-refractivity contribution in [2.75, 3.05) is 32.6 Å². The molecule has 1 aliphatic rings. The van der Waals surface area contributed by atoms with Crippen LogP contribution in [0.25, 0.3) is 0 Å².